The number of hydrogen-bond donors (Lipinski definition) is 6. The molecular weight excluding hydrogens is 623 g/mol. The van der Waals surface area contributed by atoms with Crippen LogP contribution < -0.4 is 21.2 Å². The Morgan fingerprint density at radius 1 is 1.11 bits per heavy atom. The van der Waals surface area contributed by atoms with Gasteiger partial charge in [-0.1, -0.05) is 27.7 Å². The number of ether oxygens (including phenoxy) is 3. The smallest absolute Gasteiger partial charge is 0.342 e. The molecule has 2 aromatic heterocycles. The summed E-state index contributed by atoms with van der Waals surface area (Å²) in [5.41, 5.74) is 4.77. The number of anilines is 2. The molecule has 1 saturated carbocycles. The first-order valence-electron chi connectivity index (χ1n) is 15.4. The summed E-state index contributed by atoms with van der Waals surface area (Å²) in [6.07, 6.45) is -0.106. The third-order valence-electron chi connectivity index (χ3n) is 7.82. The number of carbonyl (C=O) groups is 2. The zero-order valence-electron chi connectivity index (χ0n) is 27.3. The highest BCUT2D eigenvalue weighted by atomic mass is 31.2. The van der Waals surface area contributed by atoms with Crippen LogP contribution in [-0.2, 0) is 32.9 Å². The van der Waals surface area contributed by atoms with Crippen LogP contribution in [0, 0.1) is 11.8 Å². The van der Waals surface area contributed by atoms with Crippen LogP contribution in [0.25, 0.3) is 11.2 Å². The van der Waals surface area contributed by atoms with Crippen molar-refractivity contribution in [3.8, 4) is 0 Å². The average molecular weight is 671 g/mol. The number of nitrogen functional groups attached to an aromatic ring is 1. The zero-order valence-corrected chi connectivity index (χ0v) is 28.2. The summed E-state index contributed by atoms with van der Waals surface area (Å²) in [7, 11) is -1.86. The summed E-state index contributed by atoms with van der Waals surface area (Å²) in [6, 6.07) is -1.87. The molecule has 2 aliphatic rings. The summed E-state index contributed by atoms with van der Waals surface area (Å²) in [4.78, 5) is 38.3. The molecule has 0 radical (unpaired) electrons. The molecule has 2 aromatic rings. The van der Waals surface area contributed by atoms with Gasteiger partial charge in [-0.25, -0.2) is 15.2 Å². The Hall–Kier alpha value is -2.92. The van der Waals surface area contributed by atoms with E-state index in [0.717, 1.165) is 12.8 Å². The van der Waals surface area contributed by atoms with E-state index in [4.69, 9.17) is 24.5 Å². The molecule has 0 spiro atoms. The minimum Gasteiger partial charge on any atom is -0.468 e. The van der Waals surface area contributed by atoms with Crippen LogP contribution in [0.5, 0.6) is 0 Å². The van der Waals surface area contributed by atoms with Crippen molar-refractivity contribution >= 4 is 42.5 Å². The Morgan fingerprint density at radius 2 is 1.67 bits per heavy atom. The molecule has 3 heterocycles. The lowest BCUT2D eigenvalue weighted by Gasteiger charge is -2.30. The number of rotatable bonds is 16. The average Bonchev–Trinajstić information content (AvgIpc) is 3.65. The van der Waals surface area contributed by atoms with Crippen LogP contribution in [0.15, 0.2) is 6.33 Å². The molecule has 1 aliphatic heterocycles. The van der Waals surface area contributed by atoms with Crippen molar-refractivity contribution in [1.29, 1.82) is 0 Å². The standard InChI is InChI=1S/C28H47N8O9P/c1-14(2)10-17(24(38)42-6)34-46(41,35-18(11-15(3)4)25(39)43-7)44-12-19-21(37)28(5,40)26(45-19)36-13-30-20-22(31-16-8-9-16)32-27(29)33-23(20)36/h13-19,21,26,37,40H,8-12H2,1-7H3,(H2,34,35,41)(H3,29,31,32,33)/t17?,18?,19-,21-,26-,28-,46?/m1/s1. The number of imidazole rings is 1. The van der Waals surface area contributed by atoms with Gasteiger partial charge in [0, 0.05) is 6.04 Å². The second-order valence-corrected chi connectivity index (χ2v) is 14.8. The highest BCUT2D eigenvalue weighted by molar-refractivity contribution is 7.54. The number of aliphatic hydroxyl groups excluding tert-OH is 1. The minimum atomic E-state index is -4.28. The van der Waals surface area contributed by atoms with Crippen LogP contribution in [0.2, 0.25) is 0 Å². The van der Waals surface area contributed by atoms with Crippen LogP contribution >= 0.6 is 7.67 Å². The lowest BCUT2D eigenvalue weighted by atomic mass is 9.96. The van der Waals surface area contributed by atoms with Crippen molar-refractivity contribution < 1.29 is 43.1 Å². The predicted octanol–water partition coefficient (Wildman–Crippen LogP) is 1.47. The number of nitrogens with two attached hydrogens (primary N) is 1. The first kappa shape index (κ1) is 35.9. The first-order valence-corrected chi connectivity index (χ1v) is 17.0. The molecule has 1 saturated heterocycles. The first-order chi connectivity index (χ1) is 21.6. The maximum atomic E-state index is 14.4. The third kappa shape index (κ3) is 8.32. The van der Waals surface area contributed by atoms with E-state index in [1.165, 1.54) is 32.0 Å². The largest absolute Gasteiger partial charge is 0.468 e. The number of aliphatic hydroxyl groups is 2. The van der Waals surface area contributed by atoms with E-state index in [-0.39, 0.29) is 42.3 Å². The molecule has 6 atom stereocenters. The van der Waals surface area contributed by atoms with Crippen molar-refractivity contribution in [3.63, 3.8) is 0 Å². The molecule has 18 heteroatoms. The predicted molar refractivity (Wildman–Crippen MR) is 167 cm³/mol. The molecule has 258 valence electrons. The molecule has 1 aliphatic carbocycles. The normalized spacial score (nSPS) is 25.8. The second kappa shape index (κ2) is 14.5. The Morgan fingerprint density at radius 3 is 2.17 bits per heavy atom. The van der Waals surface area contributed by atoms with Crippen molar-refractivity contribution in [3.05, 3.63) is 6.33 Å². The van der Waals surface area contributed by atoms with Gasteiger partial charge in [0.15, 0.2) is 23.2 Å². The molecule has 0 amide bonds. The Balaban J connectivity index is 1.61. The molecule has 7 N–H and O–H groups in total. The van der Waals surface area contributed by atoms with Crippen molar-refractivity contribution in [2.45, 2.75) is 102 Å². The maximum absolute atomic E-state index is 14.4. The second-order valence-electron chi connectivity index (χ2n) is 12.9. The molecule has 4 rings (SSSR count). The maximum Gasteiger partial charge on any atom is 0.342 e. The van der Waals surface area contributed by atoms with E-state index in [2.05, 4.69) is 30.4 Å². The number of hydrogen-bond acceptors (Lipinski definition) is 14. The Kier molecular flexibility index (Phi) is 11.3. The monoisotopic (exact) mass is 670 g/mol. The quantitative estimate of drug-likeness (QED) is 0.110. The van der Waals surface area contributed by atoms with Gasteiger partial charge in [0.1, 0.15) is 29.9 Å². The number of esters is 2. The fraction of sp³-hybridized carbons (Fsp3) is 0.750. The Bertz CT molecular complexity index is 1400. The van der Waals surface area contributed by atoms with Crippen LogP contribution in [0.4, 0.5) is 11.8 Å². The van der Waals surface area contributed by atoms with Gasteiger partial charge in [-0.15, -0.1) is 0 Å². The van der Waals surface area contributed by atoms with Crippen LogP contribution in [0.3, 0.4) is 0 Å². The fourth-order valence-electron chi connectivity index (χ4n) is 5.34. The van der Waals surface area contributed by atoms with Gasteiger partial charge in [-0.05, 0) is 44.4 Å². The van der Waals surface area contributed by atoms with Gasteiger partial charge in [-0.2, -0.15) is 9.97 Å². The van der Waals surface area contributed by atoms with Gasteiger partial charge in [-0.3, -0.25) is 18.7 Å². The van der Waals surface area contributed by atoms with Gasteiger partial charge < -0.3 is 40.0 Å². The van der Waals surface area contributed by atoms with E-state index < -0.39 is 62.3 Å². The lowest BCUT2D eigenvalue weighted by Crippen LogP contribution is -2.46. The van der Waals surface area contributed by atoms with Crippen molar-refractivity contribution in [2.24, 2.45) is 11.8 Å². The summed E-state index contributed by atoms with van der Waals surface area (Å²) in [6.45, 7) is 8.36. The summed E-state index contributed by atoms with van der Waals surface area (Å²) in [5, 5.41) is 31.4. The molecular formula is C28H47N8O9P. The van der Waals surface area contributed by atoms with E-state index in [1.54, 1.807) is 0 Å². The third-order valence-corrected chi connectivity index (χ3v) is 9.64. The number of aromatic nitrogens is 4. The molecule has 17 nitrogen and oxygen atoms in total. The Labute approximate surface area is 267 Å². The number of nitrogens with zero attached hydrogens (tertiary/aromatic N) is 4. The SMILES string of the molecule is COC(=O)C(CC(C)C)NP(=O)(NC(CC(C)C)C(=O)OC)OC[C@H]1O[C@@H](n2cnc3c(NC4CC4)nc(N)nc32)[C@](C)(O)[C@@H]1O. The highest BCUT2D eigenvalue weighted by Gasteiger charge is 2.54. The van der Waals surface area contributed by atoms with Crippen LogP contribution in [-0.4, -0.2) is 98.4 Å². The van der Waals surface area contributed by atoms with Crippen molar-refractivity contribution in [1.82, 2.24) is 29.7 Å². The lowest BCUT2D eigenvalue weighted by molar-refractivity contribution is -0.143. The topological polar surface area (TPSA) is 234 Å². The molecule has 2 unspecified atom stereocenters. The summed E-state index contributed by atoms with van der Waals surface area (Å²) < 4.78 is 37.7. The molecule has 0 bridgehead atoms. The fourth-order valence-corrected chi connectivity index (χ4v) is 7.16. The van der Waals surface area contributed by atoms with E-state index >= 15 is 0 Å². The highest BCUT2D eigenvalue weighted by Crippen LogP contribution is 2.45. The number of carbonyl (C=O) groups excluding carboxylic acids is 2. The van der Waals surface area contributed by atoms with Gasteiger partial charge in [0.25, 0.3) is 0 Å². The van der Waals surface area contributed by atoms with Gasteiger partial charge in [0.2, 0.25) is 5.95 Å². The molecule has 2 fully saturated rings. The number of methoxy groups -OCH3 is 2. The molecule has 46 heavy (non-hydrogen) atoms. The summed E-state index contributed by atoms with van der Waals surface area (Å²) in [5.74, 6) is -0.935. The van der Waals surface area contributed by atoms with E-state index in [0.29, 0.717) is 11.3 Å². The summed E-state index contributed by atoms with van der Waals surface area (Å²) >= 11 is 0. The number of nitrogens with one attached hydrogen (secondary N) is 3. The molecule has 0 aromatic carbocycles. The van der Waals surface area contributed by atoms with E-state index in [1.807, 2.05) is 27.7 Å². The van der Waals surface area contributed by atoms with Crippen molar-refractivity contribution in [2.75, 3.05) is 31.9 Å². The zero-order chi connectivity index (χ0) is 34.0. The van der Waals surface area contributed by atoms with Gasteiger partial charge >= 0.3 is 19.6 Å². The van der Waals surface area contributed by atoms with E-state index in [9.17, 15) is 24.4 Å². The minimum absolute atomic E-state index is 0.00389. The number of fused-ring (bicyclic) bond motifs is 1. The van der Waals surface area contributed by atoms with Crippen LogP contribution in [0.1, 0.15) is 66.5 Å². The van der Waals surface area contributed by atoms with Gasteiger partial charge in [0.05, 0.1) is 27.2 Å².